The van der Waals surface area contributed by atoms with E-state index in [2.05, 4.69) is 47.4 Å². The molecule has 2 aromatic carbocycles. The van der Waals surface area contributed by atoms with Crippen LogP contribution in [0.5, 0.6) is 0 Å². The highest BCUT2D eigenvalue weighted by Gasteiger charge is 2.03. The van der Waals surface area contributed by atoms with E-state index in [1.165, 1.54) is 14.3 Å². The van der Waals surface area contributed by atoms with Crippen LogP contribution in [-0.2, 0) is 0 Å². The Labute approximate surface area is 82.9 Å². The summed E-state index contributed by atoms with van der Waals surface area (Å²) in [6.45, 7) is 0. The van der Waals surface area contributed by atoms with Gasteiger partial charge in [-0.25, -0.2) is 0 Å². The number of hydrogen-bond donors (Lipinski definition) is 0. The molecule has 0 fully saturated rings. The fraction of sp³-hybridized carbons (Fsp3) is 0.0909. The molecule has 0 saturated carbocycles. The fourth-order valence-electron chi connectivity index (χ4n) is 1.28. The van der Waals surface area contributed by atoms with Gasteiger partial charge in [0.05, 0.1) is 0 Å². The summed E-state index contributed by atoms with van der Waals surface area (Å²) < 4.78 is 1.52. The zero-order valence-electron chi connectivity index (χ0n) is 6.92. The molecule has 0 amide bonds. The third-order valence-corrected chi connectivity index (χ3v) is 3.85. The maximum absolute atomic E-state index is 2.31. The minimum absolute atomic E-state index is 0.235. The van der Waals surface area contributed by atoms with Crippen LogP contribution in [0.2, 0.25) is 0 Å². The van der Waals surface area contributed by atoms with Crippen molar-refractivity contribution in [2.24, 2.45) is 0 Å². The Kier molecular flexibility index (Phi) is 2.30. The second-order valence-electron chi connectivity index (χ2n) is 2.68. The van der Waals surface area contributed by atoms with Gasteiger partial charge in [-0.1, -0.05) is 24.3 Å². The summed E-state index contributed by atoms with van der Waals surface area (Å²) in [6.07, 6.45) is 0. The van der Waals surface area contributed by atoms with Gasteiger partial charge in [0.25, 0.3) is 0 Å². The number of fused-ring (bicyclic) bond motifs is 1. The SMILES string of the molecule is C[I+]c1ccc2ccccc2c1. The van der Waals surface area contributed by atoms with Crippen LogP contribution in [0.4, 0.5) is 0 Å². The summed E-state index contributed by atoms with van der Waals surface area (Å²) >= 11 is 0.235. The summed E-state index contributed by atoms with van der Waals surface area (Å²) in [5.74, 6) is 0. The van der Waals surface area contributed by atoms with Crippen LogP contribution in [0.15, 0.2) is 42.5 Å². The standard InChI is InChI=1S/C11H10I/c1-12-11-7-6-9-4-2-3-5-10(9)8-11/h2-8H,1H3/q+1. The first-order chi connectivity index (χ1) is 5.90. The van der Waals surface area contributed by atoms with E-state index in [9.17, 15) is 0 Å². The van der Waals surface area contributed by atoms with Crippen LogP contribution in [-0.4, -0.2) is 4.93 Å². The lowest BCUT2D eigenvalue weighted by molar-refractivity contribution is -0.597. The van der Waals surface area contributed by atoms with Gasteiger partial charge in [0.2, 0.25) is 0 Å². The molecule has 0 aliphatic rings. The Morgan fingerprint density at radius 2 is 1.67 bits per heavy atom. The van der Waals surface area contributed by atoms with Crippen molar-refractivity contribution in [1.29, 1.82) is 0 Å². The molecule has 60 valence electrons. The number of halogens is 1. The molecule has 0 saturated heterocycles. The van der Waals surface area contributed by atoms with E-state index >= 15 is 0 Å². The van der Waals surface area contributed by atoms with Crippen LogP contribution >= 0.6 is 0 Å². The van der Waals surface area contributed by atoms with E-state index in [1.807, 2.05) is 0 Å². The highest BCUT2D eigenvalue weighted by atomic mass is 127. The predicted molar refractivity (Wildman–Crippen MR) is 48.6 cm³/mol. The van der Waals surface area contributed by atoms with Gasteiger partial charge in [-0.2, -0.15) is 0 Å². The molecule has 0 aliphatic carbocycles. The Hall–Kier alpha value is -0.570. The smallest absolute Gasteiger partial charge is 0.0616 e. The molecular weight excluding hydrogens is 259 g/mol. The van der Waals surface area contributed by atoms with Gasteiger partial charge in [-0.3, -0.25) is 0 Å². The van der Waals surface area contributed by atoms with Crippen LogP contribution in [0.1, 0.15) is 0 Å². The molecule has 2 aromatic rings. The van der Waals surface area contributed by atoms with Crippen LogP contribution in [0, 0.1) is 3.57 Å². The molecule has 2 rings (SSSR count). The lowest BCUT2D eigenvalue weighted by Crippen LogP contribution is -3.60. The van der Waals surface area contributed by atoms with Crippen molar-refractivity contribution in [1.82, 2.24) is 0 Å². The van der Waals surface area contributed by atoms with Gasteiger partial charge in [0.15, 0.2) is 3.57 Å². The van der Waals surface area contributed by atoms with Crippen LogP contribution in [0.25, 0.3) is 10.8 Å². The Morgan fingerprint density at radius 3 is 2.42 bits per heavy atom. The average Bonchev–Trinajstić information content (AvgIpc) is 2.17. The topological polar surface area (TPSA) is 0 Å². The Morgan fingerprint density at radius 1 is 0.917 bits per heavy atom. The minimum atomic E-state index is 0.235. The van der Waals surface area contributed by atoms with Gasteiger partial charge in [0, 0.05) is 0 Å². The second-order valence-corrected chi connectivity index (χ2v) is 5.00. The average molecular weight is 269 g/mol. The van der Waals surface area contributed by atoms with Crippen molar-refractivity contribution >= 4 is 10.8 Å². The molecule has 0 aromatic heterocycles. The lowest BCUT2D eigenvalue weighted by Gasteiger charge is -1.93. The zero-order chi connectivity index (χ0) is 8.39. The van der Waals surface area contributed by atoms with E-state index in [0.29, 0.717) is 0 Å². The third kappa shape index (κ3) is 1.46. The minimum Gasteiger partial charge on any atom is -0.0616 e. The van der Waals surface area contributed by atoms with Gasteiger partial charge in [-0.15, -0.1) is 0 Å². The van der Waals surface area contributed by atoms with Crippen molar-refractivity contribution in [3.05, 3.63) is 46.0 Å². The van der Waals surface area contributed by atoms with Crippen molar-refractivity contribution in [2.75, 3.05) is 4.93 Å². The number of benzene rings is 2. The molecule has 0 radical (unpaired) electrons. The van der Waals surface area contributed by atoms with Gasteiger partial charge in [0.1, 0.15) is 4.93 Å². The first kappa shape index (κ1) is 8.05. The van der Waals surface area contributed by atoms with E-state index < -0.39 is 0 Å². The van der Waals surface area contributed by atoms with Crippen molar-refractivity contribution in [3.8, 4) is 0 Å². The van der Waals surface area contributed by atoms with Crippen molar-refractivity contribution in [2.45, 2.75) is 0 Å². The number of hydrogen-bond acceptors (Lipinski definition) is 0. The van der Waals surface area contributed by atoms with Gasteiger partial charge < -0.3 is 0 Å². The summed E-state index contributed by atoms with van der Waals surface area (Å²) in [5.41, 5.74) is 0. The van der Waals surface area contributed by atoms with E-state index in [0.717, 1.165) is 0 Å². The van der Waals surface area contributed by atoms with Crippen LogP contribution in [0.3, 0.4) is 0 Å². The van der Waals surface area contributed by atoms with E-state index in [1.54, 1.807) is 0 Å². The van der Waals surface area contributed by atoms with E-state index in [4.69, 9.17) is 0 Å². The van der Waals surface area contributed by atoms with Crippen molar-refractivity contribution < 1.29 is 21.2 Å². The molecule has 1 heteroatoms. The molecule has 0 N–H and O–H groups in total. The Balaban J connectivity index is 2.67. The monoisotopic (exact) mass is 269 g/mol. The summed E-state index contributed by atoms with van der Waals surface area (Å²) in [5, 5.41) is 2.72. The first-order valence-electron chi connectivity index (χ1n) is 3.88. The Bertz CT molecular complexity index is 393. The summed E-state index contributed by atoms with van der Waals surface area (Å²) in [7, 11) is 0. The maximum Gasteiger partial charge on any atom is 0.309 e. The highest BCUT2D eigenvalue weighted by Crippen LogP contribution is 2.11. The number of alkyl halides is 1. The largest absolute Gasteiger partial charge is 0.309 e. The molecule has 12 heavy (non-hydrogen) atoms. The molecule has 0 heterocycles. The normalized spacial score (nSPS) is 10.4. The van der Waals surface area contributed by atoms with Gasteiger partial charge in [-0.05, 0) is 29.0 Å². The van der Waals surface area contributed by atoms with Crippen LogP contribution < -0.4 is 21.2 Å². The molecular formula is C11H10I+. The second kappa shape index (κ2) is 3.44. The first-order valence-corrected chi connectivity index (χ1v) is 7.12. The number of rotatable bonds is 1. The maximum atomic E-state index is 2.31. The van der Waals surface area contributed by atoms with E-state index in [-0.39, 0.29) is 21.2 Å². The van der Waals surface area contributed by atoms with Gasteiger partial charge >= 0.3 is 21.2 Å². The quantitative estimate of drug-likeness (QED) is 0.494. The predicted octanol–water partition coefficient (Wildman–Crippen LogP) is -0.272. The fourth-order valence-corrected chi connectivity index (χ4v) is 2.46. The molecule has 0 bridgehead atoms. The molecule has 0 spiro atoms. The lowest BCUT2D eigenvalue weighted by atomic mass is 10.1. The zero-order valence-corrected chi connectivity index (χ0v) is 9.08. The van der Waals surface area contributed by atoms with Crippen molar-refractivity contribution in [3.63, 3.8) is 0 Å². The molecule has 0 atom stereocenters. The molecule has 0 nitrogen and oxygen atoms in total. The third-order valence-electron chi connectivity index (χ3n) is 1.93. The summed E-state index contributed by atoms with van der Waals surface area (Å²) in [6, 6.07) is 15.3. The highest BCUT2D eigenvalue weighted by molar-refractivity contribution is 5.81. The summed E-state index contributed by atoms with van der Waals surface area (Å²) in [4.78, 5) is 2.29. The molecule has 0 aliphatic heterocycles. The molecule has 0 unspecified atom stereocenters.